The molecule has 110 valence electrons. The molecule has 4 aliphatic carbocycles. The van der Waals surface area contributed by atoms with Crippen molar-refractivity contribution in [2.24, 2.45) is 28.9 Å². The van der Waals surface area contributed by atoms with E-state index in [0.717, 1.165) is 29.4 Å². The summed E-state index contributed by atoms with van der Waals surface area (Å²) in [7, 11) is 0. The van der Waals surface area contributed by atoms with Crippen molar-refractivity contribution in [2.75, 3.05) is 0 Å². The Kier molecular flexibility index (Phi) is 2.75. The van der Waals surface area contributed by atoms with E-state index in [1.807, 2.05) is 0 Å². The molecule has 1 aromatic rings. The molecule has 0 spiro atoms. The number of aromatic nitrogens is 3. The van der Waals surface area contributed by atoms with Crippen molar-refractivity contribution < 1.29 is 0 Å². The van der Waals surface area contributed by atoms with E-state index >= 15 is 0 Å². The van der Waals surface area contributed by atoms with Gasteiger partial charge in [0.2, 0.25) is 0 Å². The zero-order valence-electron chi connectivity index (χ0n) is 12.6. The van der Waals surface area contributed by atoms with Gasteiger partial charge in [-0.05, 0) is 61.7 Å². The third kappa shape index (κ3) is 1.84. The van der Waals surface area contributed by atoms with Gasteiger partial charge in [0.15, 0.2) is 5.82 Å². The molecule has 1 unspecified atom stereocenters. The van der Waals surface area contributed by atoms with Crippen molar-refractivity contribution in [2.45, 2.75) is 64.3 Å². The standard InChI is InChI=1S/C16H26N4/c1-9(2)14-18-15(20-19-14)13(17)16-6-10-3-11(7-16)5-12(4-10)8-16/h9-13H,3-8,17H2,1-2H3,(H,18,19,20). The number of hydrogen-bond acceptors (Lipinski definition) is 3. The van der Waals surface area contributed by atoms with Gasteiger partial charge in [-0.15, -0.1) is 0 Å². The minimum absolute atomic E-state index is 0.0518. The molecule has 1 aromatic heterocycles. The van der Waals surface area contributed by atoms with Gasteiger partial charge in [-0.25, -0.2) is 4.98 Å². The van der Waals surface area contributed by atoms with E-state index in [1.54, 1.807) is 0 Å². The molecule has 4 saturated carbocycles. The fraction of sp³-hybridized carbons (Fsp3) is 0.875. The maximum absolute atomic E-state index is 6.67. The molecule has 1 heterocycles. The Morgan fingerprint density at radius 2 is 1.65 bits per heavy atom. The maximum atomic E-state index is 6.67. The summed E-state index contributed by atoms with van der Waals surface area (Å²) in [6, 6.07) is 0.0518. The van der Waals surface area contributed by atoms with Crippen LogP contribution >= 0.6 is 0 Å². The Balaban J connectivity index is 1.62. The quantitative estimate of drug-likeness (QED) is 0.889. The highest BCUT2D eigenvalue weighted by molar-refractivity contribution is 5.11. The first kappa shape index (κ1) is 12.8. The number of rotatable bonds is 3. The fourth-order valence-electron chi connectivity index (χ4n) is 5.53. The van der Waals surface area contributed by atoms with E-state index in [1.165, 1.54) is 38.5 Å². The summed E-state index contributed by atoms with van der Waals surface area (Å²) in [6.07, 6.45) is 8.33. The topological polar surface area (TPSA) is 67.6 Å². The molecule has 20 heavy (non-hydrogen) atoms. The van der Waals surface area contributed by atoms with E-state index in [4.69, 9.17) is 5.73 Å². The summed E-state index contributed by atoms with van der Waals surface area (Å²) < 4.78 is 0. The molecule has 5 rings (SSSR count). The highest BCUT2D eigenvalue weighted by atomic mass is 15.2. The predicted octanol–water partition coefficient (Wildman–Crippen LogP) is 3.14. The van der Waals surface area contributed by atoms with Crippen molar-refractivity contribution in [3.8, 4) is 0 Å². The largest absolute Gasteiger partial charge is 0.321 e. The number of H-pyrrole nitrogens is 1. The van der Waals surface area contributed by atoms with E-state index in [2.05, 4.69) is 29.0 Å². The van der Waals surface area contributed by atoms with Crippen LogP contribution in [0.1, 0.15) is 76.0 Å². The second-order valence-corrected chi connectivity index (χ2v) is 7.99. The summed E-state index contributed by atoms with van der Waals surface area (Å²) in [6.45, 7) is 4.26. The Bertz CT molecular complexity index is 469. The molecule has 0 amide bonds. The SMILES string of the molecule is CC(C)c1n[nH]c(C(N)C23CC4CC(CC(C4)C2)C3)n1. The van der Waals surface area contributed by atoms with Crippen LogP contribution in [-0.2, 0) is 0 Å². The van der Waals surface area contributed by atoms with Crippen LogP contribution in [0, 0.1) is 23.2 Å². The first-order chi connectivity index (χ1) is 9.56. The smallest absolute Gasteiger partial charge is 0.153 e. The molecule has 4 fully saturated rings. The summed E-state index contributed by atoms with van der Waals surface area (Å²) in [5.41, 5.74) is 6.98. The van der Waals surface area contributed by atoms with Crippen molar-refractivity contribution >= 4 is 0 Å². The first-order valence-electron chi connectivity index (χ1n) is 8.23. The predicted molar refractivity (Wildman–Crippen MR) is 78.0 cm³/mol. The molecule has 4 nitrogen and oxygen atoms in total. The highest BCUT2D eigenvalue weighted by Crippen LogP contribution is 2.63. The van der Waals surface area contributed by atoms with Crippen molar-refractivity contribution in [3.63, 3.8) is 0 Å². The average molecular weight is 274 g/mol. The van der Waals surface area contributed by atoms with E-state index in [9.17, 15) is 0 Å². The van der Waals surface area contributed by atoms with Crippen molar-refractivity contribution in [1.29, 1.82) is 0 Å². The number of nitrogens with zero attached hydrogens (tertiary/aromatic N) is 2. The van der Waals surface area contributed by atoms with E-state index in [-0.39, 0.29) is 6.04 Å². The fourth-order valence-corrected chi connectivity index (χ4v) is 5.53. The summed E-state index contributed by atoms with van der Waals surface area (Å²) in [5, 5.41) is 7.47. The molecule has 0 saturated heterocycles. The molecule has 4 aliphatic rings. The molecule has 4 heteroatoms. The Morgan fingerprint density at radius 1 is 1.10 bits per heavy atom. The lowest BCUT2D eigenvalue weighted by atomic mass is 9.47. The Morgan fingerprint density at radius 3 is 2.10 bits per heavy atom. The molecule has 3 N–H and O–H groups in total. The second kappa shape index (κ2) is 4.30. The van der Waals surface area contributed by atoms with Gasteiger partial charge in [0.25, 0.3) is 0 Å². The van der Waals surface area contributed by atoms with Crippen LogP contribution in [0.25, 0.3) is 0 Å². The highest BCUT2D eigenvalue weighted by Gasteiger charge is 2.54. The van der Waals surface area contributed by atoms with Gasteiger partial charge in [0, 0.05) is 5.92 Å². The molecule has 0 aromatic carbocycles. The van der Waals surface area contributed by atoms with Gasteiger partial charge in [0.1, 0.15) is 5.82 Å². The van der Waals surface area contributed by atoms with Crippen LogP contribution in [0.5, 0.6) is 0 Å². The summed E-state index contributed by atoms with van der Waals surface area (Å²) in [4.78, 5) is 4.68. The summed E-state index contributed by atoms with van der Waals surface area (Å²) in [5.74, 6) is 4.98. The molecule has 4 bridgehead atoms. The minimum Gasteiger partial charge on any atom is -0.321 e. The average Bonchev–Trinajstić information content (AvgIpc) is 2.85. The van der Waals surface area contributed by atoms with Crippen LogP contribution in [0.3, 0.4) is 0 Å². The van der Waals surface area contributed by atoms with Crippen LogP contribution in [-0.4, -0.2) is 15.2 Å². The van der Waals surface area contributed by atoms with E-state index in [0.29, 0.717) is 11.3 Å². The van der Waals surface area contributed by atoms with Gasteiger partial charge < -0.3 is 5.73 Å². The molecule has 1 atom stereocenters. The normalized spacial score (nSPS) is 40.5. The zero-order valence-corrected chi connectivity index (χ0v) is 12.6. The lowest BCUT2D eigenvalue weighted by Gasteiger charge is -2.58. The maximum Gasteiger partial charge on any atom is 0.153 e. The minimum atomic E-state index is 0.0518. The molecular formula is C16H26N4. The Labute approximate surface area is 120 Å². The third-order valence-electron chi connectivity index (χ3n) is 6.08. The van der Waals surface area contributed by atoms with Crippen LogP contribution in [0.4, 0.5) is 0 Å². The first-order valence-corrected chi connectivity index (χ1v) is 8.23. The molecular weight excluding hydrogens is 248 g/mol. The molecule has 0 aliphatic heterocycles. The number of nitrogens with two attached hydrogens (primary N) is 1. The van der Waals surface area contributed by atoms with Gasteiger partial charge >= 0.3 is 0 Å². The number of aromatic amines is 1. The van der Waals surface area contributed by atoms with Crippen molar-refractivity contribution in [3.05, 3.63) is 11.6 Å². The van der Waals surface area contributed by atoms with Crippen LogP contribution in [0.2, 0.25) is 0 Å². The zero-order chi connectivity index (χ0) is 13.9. The van der Waals surface area contributed by atoms with Crippen LogP contribution in [0.15, 0.2) is 0 Å². The van der Waals surface area contributed by atoms with Gasteiger partial charge in [-0.2, -0.15) is 5.10 Å². The van der Waals surface area contributed by atoms with Gasteiger partial charge in [-0.1, -0.05) is 13.8 Å². The second-order valence-electron chi connectivity index (χ2n) is 7.99. The Hall–Kier alpha value is -0.900. The molecule has 0 radical (unpaired) electrons. The van der Waals surface area contributed by atoms with E-state index < -0.39 is 0 Å². The third-order valence-corrected chi connectivity index (χ3v) is 6.08. The number of hydrogen-bond donors (Lipinski definition) is 2. The summed E-state index contributed by atoms with van der Waals surface area (Å²) >= 11 is 0. The number of nitrogens with one attached hydrogen (secondary N) is 1. The van der Waals surface area contributed by atoms with Crippen molar-refractivity contribution in [1.82, 2.24) is 15.2 Å². The van der Waals surface area contributed by atoms with Gasteiger partial charge in [0.05, 0.1) is 6.04 Å². The van der Waals surface area contributed by atoms with Crippen LogP contribution < -0.4 is 5.73 Å². The lowest BCUT2D eigenvalue weighted by molar-refractivity contribution is -0.0691. The monoisotopic (exact) mass is 274 g/mol. The lowest BCUT2D eigenvalue weighted by Crippen LogP contribution is -2.51. The van der Waals surface area contributed by atoms with Gasteiger partial charge in [-0.3, -0.25) is 5.10 Å².